The second-order valence-electron chi connectivity index (χ2n) is 8.43. The Balaban J connectivity index is 1.39. The Morgan fingerprint density at radius 3 is 2.62 bits per heavy atom. The van der Waals surface area contributed by atoms with Gasteiger partial charge in [-0.05, 0) is 57.4 Å². The number of fused-ring (bicyclic) bond motifs is 1. The summed E-state index contributed by atoms with van der Waals surface area (Å²) in [6.45, 7) is 9.12. The van der Waals surface area contributed by atoms with E-state index in [1.807, 2.05) is 0 Å². The topological polar surface area (TPSA) is 18.5 Å². The Hall–Kier alpha value is -0.120. The molecule has 2 unspecified atom stereocenters. The number of hydrogen-bond acceptors (Lipinski definition) is 3. The standard InChI is InChI=1S/C18H33N3/c1-15-11-20-10-4-5-17(20)12-21(15)14-18(8-2-3-9-18)13-19-16-6-7-16/h15-17,19H,2-14H2,1H3. The van der Waals surface area contributed by atoms with Crippen LogP contribution in [0.1, 0.15) is 58.3 Å². The predicted molar refractivity (Wildman–Crippen MR) is 87.6 cm³/mol. The van der Waals surface area contributed by atoms with Gasteiger partial charge in [-0.2, -0.15) is 0 Å². The van der Waals surface area contributed by atoms with Crippen LogP contribution in [-0.4, -0.2) is 60.6 Å². The summed E-state index contributed by atoms with van der Waals surface area (Å²) in [6.07, 6.45) is 11.6. The molecule has 2 saturated carbocycles. The van der Waals surface area contributed by atoms with E-state index in [4.69, 9.17) is 0 Å². The van der Waals surface area contributed by atoms with Crippen molar-refractivity contribution in [1.82, 2.24) is 15.1 Å². The summed E-state index contributed by atoms with van der Waals surface area (Å²) in [4.78, 5) is 5.61. The van der Waals surface area contributed by atoms with Crippen molar-refractivity contribution < 1.29 is 0 Å². The van der Waals surface area contributed by atoms with Crippen LogP contribution in [0.15, 0.2) is 0 Å². The SMILES string of the molecule is CC1CN2CCCC2CN1CC1(CNC2CC2)CCCC1. The summed E-state index contributed by atoms with van der Waals surface area (Å²) in [5.74, 6) is 0. The molecule has 120 valence electrons. The van der Waals surface area contributed by atoms with Crippen molar-refractivity contribution >= 4 is 0 Å². The average molecular weight is 291 g/mol. The molecular weight excluding hydrogens is 258 g/mol. The number of rotatable bonds is 5. The van der Waals surface area contributed by atoms with Crippen LogP contribution in [0, 0.1) is 5.41 Å². The molecule has 0 spiro atoms. The minimum atomic E-state index is 0.595. The van der Waals surface area contributed by atoms with E-state index in [9.17, 15) is 0 Å². The van der Waals surface area contributed by atoms with Gasteiger partial charge in [0, 0.05) is 44.3 Å². The first-order valence-electron chi connectivity index (χ1n) is 9.46. The molecule has 0 aromatic carbocycles. The van der Waals surface area contributed by atoms with Crippen LogP contribution in [-0.2, 0) is 0 Å². The fraction of sp³-hybridized carbons (Fsp3) is 1.00. The number of nitrogens with zero attached hydrogens (tertiary/aromatic N) is 2. The van der Waals surface area contributed by atoms with E-state index in [0.717, 1.165) is 18.1 Å². The van der Waals surface area contributed by atoms with E-state index in [-0.39, 0.29) is 0 Å². The van der Waals surface area contributed by atoms with Gasteiger partial charge in [-0.3, -0.25) is 9.80 Å². The number of hydrogen-bond donors (Lipinski definition) is 1. The van der Waals surface area contributed by atoms with Crippen molar-refractivity contribution in [3.05, 3.63) is 0 Å². The molecular formula is C18H33N3. The van der Waals surface area contributed by atoms with Crippen LogP contribution in [0.25, 0.3) is 0 Å². The zero-order valence-electron chi connectivity index (χ0n) is 13.8. The highest BCUT2D eigenvalue weighted by atomic mass is 15.3. The zero-order valence-corrected chi connectivity index (χ0v) is 13.8. The van der Waals surface area contributed by atoms with Gasteiger partial charge in [-0.15, -0.1) is 0 Å². The Labute approximate surface area is 130 Å². The lowest BCUT2D eigenvalue weighted by molar-refractivity contribution is 0.0263. The first-order valence-corrected chi connectivity index (χ1v) is 9.46. The van der Waals surface area contributed by atoms with Crippen LogP contribution >= 0.6 is 0 Å². The number of piperazine rings is 1. The minimum absolute atomic E-state index is 0.595. The molecule has 0 bridgehead atoms. The molecule has 2 saturated heterocycles. The molecule has 2 aliphatic heterocycles. The molecule has 2 heterocycles. The average Bonchev–Trinajstić information content (AvgIpc) is 3.02. The third kappa shape index (κ3) is 3.16. The van der Waals surface area contributed by atoms with E-state index in [1.165, 1.54) is 84.1 Å². The quantitative estimate of drug-likeness (QED) is 0.839. The van der Waals surface area contributed by atoms with Gasteiger partial charge in [0.2, 0.25) is 0 Å². The van der Waals surface area contributed by atoms with E-state index < -0.39 is 0 Å². The van der Waals surface area contributed by atoms with Gasteiger partial charge >= 0.3 is 0 Å². The summed E-state index contributed by atoms with van der Waals surface area (Å²) in [6, 6.07) is 2.50. The summed E-state index contributed by atoms with van der Waals surface area (Å²) in [7, 11) is 0. The molecule has 21 heavy (non-hydrogen) atoms. The van der Waals surface area contributed by atoms with Gasteiger partial charge in [0.05, 0.1) is 0 Å². The van der Waals surface area contributed by atoms with Gasteiger partial charge in [-0.25, -0.2) is 0 Å². The summed E-state index contributed by atoms with van der Waals surface area (Å²) < 4.78 is 0. The normalized spacial score (nSPS) is 37.0. The third-order valence-electron chi connectivity index (χ3n) is 6.61. The van der Waals surface area contributed by atoms with E-state index in [1.54, 1.807) is 0 Å². The summed E-state index contributed by atoms with van der Waals surface area (Å²) in [5.41, 5.74) is 0.595. The smallest absolute Gasteiger partial charge is 0.0224 e. The maximum Gasteiger partial charge on any atom is 0.0224 e. The molecule has 0 aromatic rings. The summed E-state index contributed by atoms with van der Waals surface area (Å²) >= 11 is 0. The molecule has 3 nitrogen and oxygen atoms in total. The maximum atomic E-state index is 3.85. The van der Waals surface area contributed by atoms with Gasteiger partial charge in [0.15, 0.2) is 0 Å². The highest BCUT2D eigenvalue weighted by molar-refractivity contribution is 4.97. The van der Waals surface area contributed by atoms with E-state index in [2.05, 4.69) is 22.0 Å². The molecule has 2 aliphatic carbocycles. The van der Waals surface area contributed by atoms with Crippen molar-refractivity contribution in [3.8, 4) is 0 Å². The molecule has 3 heteroatoms. The molecule has 4 aliphatic rings. The second-order valence-corrected chi connectivity index (χ2v) is 8.43. The Morgan fingerprint density at radius 1 is 1.05 bits per heavy atom. The lowest BCUT2D eigenvalue weighted by Crippen LogP contribution is -2.58. The van der Waals surface area contributed by atoms with Crippen molar-refractivity contribution in [2.24, 2.45) is 5.41 Å². The molecule has 2 atom stereocenters. The van der Waals surface area contributed by atoms with E-state index >= 15 is 0 Å². The van der Waals surface area contributed by atoms with Gasteiger partial charge in [-0.1, -0.05) is 12.8 Å². The van der Waals surface area contributed by atoms with Gasteiger partial charge in [0.25, 0.3) is 0 Å². The summed E-state index contributed by atoms with van der Waals surface area (Å²) in [5, 5.41) is 3.85. The van der Waals surface area contributed by atoms with Gasteiger partial charge in [0.1, 0.15) is 0 Å². The fourth-order valence-corrected chi connectivity index (χ4v) is 5.06. The highest BCUT2D eigenvalue weighted by Gasteiger charge is 2.41. The molecule has 0 radical (unpaired) electrons. The predicted octanol–water partition coefficient (Wildman–Crippen LogP) is 2.47. The maximum absolute atomic E-state index is 3.85. The molecule has 0 amide bonds. The minimum Gasteiger partial charge on any atom is -0.313 e. The Morgan fingerprint density at radius 2 is 1.86 bits per heavy atom. The molecule has 0 aromatic heterocycles. The molecule has 4 fully saturated rings. The first kappa shape index (κ1) is 14.5. The van der Waals surface area contributed by atoms with E-state index in [0.29, 0.717) is 5.41 Å². The van der Waals surface area contributed by atoms with Gasteiger partial charge < -0.3 is 5.32 Å². The lowest BCUT2D eigenvalue weighted by atomic mass is 9.84. The van der Waals surface area contributed by atoms with Crippen LogP contribution in [0.3, 0.4) is 0 Å². The van der Waals surface area contributed by atoms with Crippen molar-refractivity contribution in [2.45, 2.75) is 76.4 Å². The second kappa shape index (κ2) is 5.82. The Kier molecular flexibility index (Phi) is 4.01. The highest BCUT2D eigenvalue weighted by Crippen LogP contribution is 2.40. The third-order valence-corrected chi connectivity index (χ3v) is 6.61. The van der Waals surface area contributed by atoms with Crippen LogP contribution < -0.4 is 5.32 Å². The first-order chi connectivity index (χ1) is 10.2. The van der Waals surface area contributed by atoms with Crippen LogP contribution in [0.5, 0.6) is 0 Å². The van der Waals surface area contributed by atoms with Crippen LogP contribution in [0.4, 0.5) is 0 Å². The Bertz CT molecular complexity index is 359. The molecule has 4 rings (SSSR count). The molecule has 1 N–H and O–H groups in total. The van der Waals surface area contributed by atoms with Crippen molar-refractivity contribution in [1.29, 1.82) is 0 Å². The number of nitrogens with one attached hydrogen (secondary N) is 1. The largest absolute Gasteiger partial charge is 0.313 e. The monoisotopic (exact) mass is 291 g/mol. The zero-order chi connectivity index (χ0) is 14.3. The fourth-order valence-electron chi connectivity index (χ4n) is 5.06. The van der Waals surface area contributed by atoms with Crippen molar-refractivity contribution in [3.63, 3.8) is 0 Å². The van der Waals surface area contributed by atoms with Crippen molar-refractivity contribution in [2.75, 3.05) is 32.7 Å². The lowest BCUT2D eigenvalue weighted by Gasteiger charge is -2.46. The van der Waals surface area contributed by atoms with Crippen LogP contribution in [0.2, 0.25) is 0 Å².